The van der Waals surface area contributed by atoms with Gasteiger partial charge in [-0.1, -0.05) is 20.8 Å². The van der Waals surface area contributed by atoms with Crippen LogP contribution >= 0.6 is 0 Å². The third kappa shape index (κ3) is 12.0. The first kappa shape index (κ1) is 23.7. The van der Waals surface area contributed by atoms with Gasteiger partial charge < -0.3 is 14.4 Å². The molecule has 0 aromatic carbocycles. The van der Waals surface area contributed by atoms with Crippen LogP contribution in [0.15, 0.2) is 0 Å². The number of hydrogen-bond acceptors (Lipinski definition) is 3. The maximum absolute atomic E-state index is 11.5. The van der Waals surface area contributed by atoms with E-state index in [1.165, 1.54) is 0 Å². The Morgan fingerprint density at radius 2 is 1.68 bits per heavy atom. The molecule has 0 spiro atoms. The molecule has 4 heteroatoms. The van der Waals surface area contributed by atoms with E-state index in [2.05, 4.69) is 39.4 Å². The highest BCUT2D eigenvalue weighted by molar-refractivity contribution is 5.78. The molecular weight excluding hydrogens is 278 g/mol. The second kappa shape index (κ2) is 15.3. The summed E-state index contributed by atoms with van der Waals surface area (Å²) in [6.07, 6.45) is 1.89. The number of likely N-dealkylation sites (tertiary alicyclic amines) is 1. The molecule has 134 valence electrons. The van der Waals surface area contributed by atoms with Crippen molar-refractivity contribution in [3.8, 4) is 0 Å². The van der Waals surface area contributed by atoms with Gasteiger partial charge in [-0.25, -0.2) is 0 Å². The summed E-state index contributed by atoms with van der Waals surface area (Å²) in [5, 5.41) is 0. The Morgan fingerprint density at radius 3 is 1.86 bits per heavy atom. The van der Waals surface area contributed by atoms with E-state index in [-0.39, 0.29) is 0 Å². The predicted octanol–water partition coefficient (Wildman–Crippen LogP) is 3.98. The van der Waals surface area contributed by atoms with E-state index in [1.54, 1.807) is 7.11 Å². The van der Waals surface area contributed by atoms with E-state index in [9.17, 15) is 4.79 Å². The summed E-state index contributed by atoms with van der Waals surface area (Å²) in [4.78, 5) is 13.4. The molecule has 0 saturated carbocycles. The van der Waals surface area contributed by atoms with Gasteiger partial charge in [0.1, 0.15) is 0 Å². The van der Waals surface area contributed by atoms with Crippen LogP contribution in [0.1, 0.15) is 61.3 Å². The lowest BCUT2D eigenvalue weighted by molar-refractivity contribution is -0.129. The van der Waals surface area contributed by atoms with Crippen LogP contribution in [0.25, 0.3) is 0 Å². The highest BCUT2D eigenvalue weighted by Crippen LogP contribution is 2.25. The number of hydrogen-bond donors (Lipinski definition) is 0. The second-order valence-electron chi connectivity index (χ2n) is 6.12. The molecule has 1 atom stereocenters. The molecule has 1 unspecified atom stereocenters. The molecule has 0 bridgehead atoms. The van der Waals surface area contributed by atoms with Crippen molar-refractivity contribution in [1.29, 1.82) is 0 Å². The molecule has 1 heterocycles. The van der Waals surface area contributed by atoms with Crippen molar-refractivity contribution in [2.75, 3.05) is 33.5 Å². The third-order valence-corrected chi connectivity index (χ3v) is 3.60. The number of amides is 1. The van der Waals surface area contributed by atoms with E-state index in [1.807, 2.05) is 18.7 Å². The van der Waals surface area contributed by atoms with Crippen molar-refractivity contribution in [3.63, 3.8) is 0 Å². The van der Waals surface area contributed by atoms with E-state index in [0.29, 0.717) is 23.8 Å². The topological polar surface area (TPSA) is 38.8 Å². The van der Waals surface area contributed by atoms with Gasteiger partial charge >= 0.3 is 0 Å². The minimum atomic E-state index is 0.337. The quantitative estimate of drug-likeness (QED) is 0.695. The van der Waals surface area contributed by atoms with Crippen LogP contribution in [0.5, 0.6) is 0 Å². The highest BCUT2D eigenvalue weighted by atomic mass is 16.5. The Kier molecular flexibility index (Phi) is 16.4. The molecule has 22 heavy (non-hydrogen) atoms. The smallest absolute Gasteiger partial charge is 0.223 e. The molecule has 1 aliphatic rings. The Balaban J connectivity index is 0. The summed E-state index contributed by atoms with van der Waals surface area (Å²) >= 11 is 0. The van der Waals surface area contributed by atoms with Crippen molar-refractivity contribution in [1.82, 2.24) is 4.90 Å². The van der Waals surface area contributed by atoms with E-state index in [0.717, 1.165) is 39.2 Å². The molecule has 0 aromatic heterocycles. The maximum Gasteiger partial charge on any atom is 0.223 e. The van der Waals surface area contributed by atoms with Crippen LogP contribution in [0.3, 0.4) is 0 Å². The molecule has 1 aliphatic heterocycles. The van der Waals surface area contributed by atoms with Crippen molar-refractivity contribution in [2.24, 2.45) is 11.8 Å². The van der Waals surface area contributed by atoms with E-state index < -0.39 is 0 Å². The zero-order valence-electron chi connectivity index (χ0n) is 16.1. The Bertz CT molecular complexity index is 249. The van der Waals surface area contributed by atoms with Gasteiger partial charge in [-0.05, 0) is 46.0 Å². The summed E-state index contributed by atoms with van der Waals surface area (Å²) in [5.41, 5.74) is 0. The lowest BCUT2D eigenvalue weighted by atomic mass is 9.95. The average Bonchev–Trinajstić information content (AvgIpc) is 2.88. The summed E-state index contributed by atoms with van der Waals surface area (Å²) < 4.78 is 9.52. The number of carbonyl (C=O) groups is 1. The molecule has 1 amide bonds. The summed E-state index contributed by atoms with van der Waals surface area (Å²) in [6.45, 7) is 18.2. The van der Waals surface area contributed by atoms with Gasteiger partial charge in [0.2, 0.25) is 5.91 Å². The first-order chi connectivity index (χ1) is 10.3. The fourth-order valence-corrected chi connectivity index (χ4v) is 1.99. The molecular formula is C18H39NO3. The van der Waals surface area contributed by atoms with Crippen LogP contribution in [-0.4, -0.2) is 50.3 Å². The minimum absolute atomic E-state index is 0.337. The third-order valence-electron chi connectivity index (χ3n) is 3.60. The van der Waals surface area contributed by atoms with E-state index in [4.69, 9.17) is 4.74 Å². The Labute approximate surface area is 138 Å². The number of methoxy groups -OCH3 is 1. The standard InChI is InChI=1S/C10H19NO.C5H12O.C3H8O/c1-7(2)9-5-10(12)11(6-9)8(3)4;1-3-5-6-4-2;1-3-4-2/h7-9H,5-6H2,1-4H3;3-5H2,1-2H3;3H2,1-2H3. The van der Waals surface area contributed by atoms with Gasteiger partial charge in [0.15, 0.2) is 0 Å². The summed E-state index contributed by atoms with van der Waals surface area (Å²) in [7, 11) is 1.68. The number of nitrogens with zero attached hydrogens (tertiary/aromatic N) is 1. The van der Waals surface area contributed by atoms with Crippen LogP contribution in [0, 0.1) is 11.8 Å². The monoisotopic (exact) mass is 317 g/mol. The van der Waals surface area contributed by atoms with Crippen molar-refractivity contribution in [3.05, 3.63) is 0 Å². The molecule has 0 aliphatic carbocycles. The van der Waals surface area contributed by atoms with Crippen molar-refractivity contribution in [2.45, 2.75) is 67.3 Å². The second-order valence-corrected chi connectivity index (χ2v) is 6.12. The van der Waals surface area contributed by atoms with Crippen LogP contribution in [0.2, 0.25) is 0 Å². The molecule has 1 rings (SSSR count). The largest absolute Gasteiger partial charge is 0.385 e. The number of ether oxygens (including phenoxy) is 2. The average molecular weight is 318 g/mol. The highest BCUT2D eigenvalue weighted by Gasteiger charge is 2.32. The number of rotatable bonds is 6. The van der Waals surface area contributed by atoms with Gasteiger partial charge in [0.25, 0.3) is 0 Å². The minimum Gasteiger partial charge on any atom is -0.385 e. The van der Waals surface area contributed by atoms with Crippen molar-refractivity contribution >= 4 is 5.91 Å². The summed E-state index contributed by atoms with van der Waals surface area (Å²) in [5.74, 6) is 1.56. The molecule has 0 N–H and O–H groups in total. The SMILES string of the molecule is CC(C)C1CC(=O)N(C(C)C)C1.CCCOCC.CCOC. The van der Waals surface area contributed by atoms with Gasteiger partial charge in [0.05, 0.1) is 0 Å². The Morgan fingerprint density at radius 1 is 1.14 bits per heavy atom. The fraction of sp³-hybridized carbons (Fsp3) is 0.944. The lowest BCUT2D eigenvalue weighted by Gasteiger charge is -2.21. The molecule has 0 radical (unpaired) electrons. The molecule has 1 fully saturated rings. The normalized spacial score (nSPS) is 17.3. The molecule has 4 nitrogen and oxygen atoms in total. The first-order valence-corrected chi connectivity index (χ1v) is 8.71. The van der Waals surface area contributed by atoms with Gasteiger partial charge in [-0.2, -0.15) is 0 Å². The number of carbonyl (C=O) groups excluding carboxylic acids is 1. The maximum atomic E-state index is 11.5. The molecule has 1 saturated heterocycles. The zero-order valence-corrected chi connectivity index (χ0v) is 16.1. The van der Waals surface area contributed by atoms with Crippen molar-refractivity contribution < 1.29 is 14.3 Å². The van der Waals surface area contributed by atoms with Crippen LogP contribution in [-0.2, 0) is 14.3 Å². The Hall–Kier alpha value is -0.610. The van der Waals surface area contributed by atoms with Crippen LogP contribution < -0.4 is 0 Å². The lowest BCUT2D eigenvalue weighted by Crippen LogP contribution is -2.32. The fourth-order valence-electron chi connectivity index (χ4n) is 1.99. The van der Waals surface area contributed by atoms with Gasteiger partial charge in [-0.3, -0.25) is 4.79 Å². The van der Waals surface area contributed by atoms with Crippen LogP contribution in [0.4, 0.5) is 0 Å². The molecule has 0 aromatic rings. The van der Waals surface area contributed by atoms with E-state index >= 15 is 0 Å². The zero-order chi connectivity index (χ0) is 17.5. The summed E-state index contributed by atoms with van der Waals surface area (Å²) in [6, 6.07) is 0.376. The van der Waals surface area contributed by atoms with Gasteiger partial charge in [-0.15, -0.1) is 0 Å². The first-order valence-electron chi connectivity index (χ1n) is 8.71. The van der Waals surface area contributed by atoms with Gasteiger partial charge in [0, 0.05) is 45.9 Å². The predicted molar refractivity (Wildman–Crippen MR) is 94.1 cm³/mol.